The third-order valence-electron chi connectivity index (χ3n) is 6.69. The van der Waals surface area contributed by atoms with Crippen LogP contribution in [0.2, 0.25) is 0 Å². The molecule has 0 saturated carbocycles. The van der Waals surface area contributed by atoms with E-state index in [0.717, 1.165) is 44.0 Å². The van der Waals surface area contributed by atoms with Crippen molar-refractivity contribution in [1.82, 2.24) is 30.9 Å². The molecule has 2 aromatic heterocycles. The molecule has 5 unspecified atom stereocenters. The number of hydrogen-bond donors (Lipinski definition) is 4. The average molecular weight is 397 g/mol. The van der Waals surface area contributed by atoms with Crippen molar-refractivity contribution in [1.29, 1.82) is 0 Å². The third kappa shape index (κ3) is 3.90. The zero-order valence-corrected chi connectivity index (χ0v) is 17.1. The van der Waals surface area contributed by atoms with Crippen molar-refractivity contribution in [2.75, 3.05) is 24.5 Å². The number of anilines is 1. The predicted molar refractivity (Wildman–Crippen MR) is 113 cm³/mol. The summed E-state index contributed by atoms with van der Waals surface area (Å²) in [5, 5.41) is 8.02. The summed E-state index contributed by atoms with van der Waals surface area (Å²) in [5.74, 6) is 1.54. The molecule has 0 aromatic carbocycles. The van der Waals surface area contributed by atoms with Crippen molar-refractivity contribution in [2.24, 2.45) is 18.7 Å². The molecule has 0 radical (unpaired) electrons. The van der Waals surface area contributed by atoms with Gasteiger partial charge in [-0.3, -0.25) is 10.1 Å². The van der Waals surface area contributed by atoms with Crippen LogP contribution in [-0.4, -0.2) is 46.5 Å². The third-order valence-corrected chi connectivity index (χ3v) is 6.69. The Morgan fingerprint density at radius 2 is 2.14 bits per heavy atom. The number of pyridine rings is 1. The number of hydrogen-bond acceptors (Lipinski definition) is 7. The van der Waals surface area contributed by atoms with Crippen molar-refractivity contribution < 1.29 is 0 Å². The Hall–Kier alpha value is -2.00. The minimum atomic E-state index is 0.210. The van der Waals surface area contributed by atoms with E-state index in [2.05, 4.69) is 50.6 Å². The molecular formula is C21H32N8. The van der Waals surface area contributed by atoms with Crippen molar-refractivity contribution >= 4 is 5.82 Å². The summed E-state index contributed by atoms with van der Waals surface area (Å²) in [5.41, 5.74) is 15.7. The number of nitrogens with zero attached hydrogens (tertiary/aromatic N) is 4. The second kappa shape index (κ2) is 8.02. The van der Waals surface area contributed by atoms with Crippen LogP contribution in [0.1, 0.15) is 49.0 Å². The van der Waals surface area contributed by atoms with E-state index in [1.165, 1.54) is 18.4 Å². The Morgan fingerprint density at radius 3 is 3.00 bits per heavy atom. The maximum absolute atomic E-state index is 6.28. The summed E-state index contributed by atoms with van der Waals surface area (Å²) in [6.45, 7) is 2.87. The van der Waals surface area contributed by atoms with Crippen LogP contribution in [0.25, 0.3) is 0 Å². The first-order valence-electron chi connectivity index (χ1n) is 10.9. The van der Waals surface area contributed by atoms with Gasteiger partial charge in [0.1, 0.15) is 5.82 Å². The molecule has 3 aliphatic rings. The molecule has 0 bridgehead atoms. The Bertz CT molecular complexity index is 836. The molecule has 5 rings (SSSR count). The van der Waals surface area contributed by atoms with E-state index in [1.54, 1.807) is 0 Å². The van der Waals surface area contributed by atoms with Gasteiger partial charge < -0.3 is 16.0 Å². The first-order chi connectivity index (χ1) is 14.2. The highest BCUT2D eigenvalue weighted by molar-refractivity contribution is 5.40. The van der Waals surface area contributed by atoms with Crippen LogP contribution in [0.5, 0.6) is 0 Å². The molecule has 8 heteroatoms. The second-order valence-corrected chi connectivity index (χ2v) is 8.80. The van der Waals surface area contributed by atoms with Crippen LogP contribution < -0.4 is 26.8 Å². The number of aromatic nitrogens is 3. The largest absolute Gasteiger partial charge is 0.355 e. The molecule has 3 fully saturated rings. The molecule has 5 atom stereocenters. The van der Waals surface area contributed by atoms with Gasteiger partial charge in [0.15, 0.2) is 0 Å². The van der Waals surface area contributed by atoms with Crippen molar-refractivity contribution in [2.45, 2.75) is 49.9 Å². The zero-order valence-electron chi connectivity index (χ0n) is 17.1. The van der Waals surface area contributed by atoms with Crippen molar-refractivity contribution in [3.05, 3.63) is 41.9 Å². The molecule has 0 amide bonds. The summed E-state index contributed by atoms with van der Waals surface area (Å²) >= 11 is 0. The number of nitrogens with two attached hydrogens (primary N) is 1. The summed E-state index contributed by atoms with van der Waals surface area (Å²) in [6.07, 6.45) is 8.65. The molecule has 2 aromatic rings. The lowest BCUT2D eigenvalue weighted by molar-refractivity contribution is 0.265. The van der Waals surface area contributed by atoms with Gasteiger partial charge in [-0.2, -0.15) is 5.10 Å². The molecular weight excluding hydrogens is 364 g/mol. The Kier molecular flexibility index (Phi) is 5.26. The van der Waals surface area contributed by atoms with Gasteiger partial charge in [0.2, 0.25) is 0 Å². The fourth-order valence-corrected chi connectivity index (χ4v) is 5.11. The Balaban J connectivity index is 1.35. The smallest absolute Gasteiger partial charge is 0.128 e. The second-order valence-electron chi connectivity index (χ2n) is 8.80. The van der Waals surface area contributed by atoms with E-state index in [1.807, 2.05) is 17.9 Å². The van der Waals surface area contributed by atoms with E-state index in [0.29, 0.717) is 18.0 Å². The van der Waals surface area contributed by atoms with E-state index >= 15 is 0 Å². The van der Waals surface area contributed by atoms with Gasteiger partial charge in [-0.1, -0.05) is 12.5 Å². The first-order valence-corrected chi connectivity index (χ1v) is 10.9. The van der Waals surface area contributed by atoms with Crippen LogP contribution in [0, 0.1) is 5.92 Å². The van der Waals surface area contributed by atoms with Gasteiger partial charge in [-0.15, -0.1) is 0 Å². The van der Waals surface area contributed by atoms with Gasteiger partial charge in [0, 0.05) is 62.5 Å². The lowest BCUT2D eigenvalue weighted by atomic mass is 9.82. The van der Waals surface area contributed by atoms with Crippen molar-refractivity contribution in [3.63, 3.8) is 0 Å². The number of rotatable bonds is 3. The first kappa shape index (κ1) is 19.0. The molecule has 156 valence electrons. The SMILES string of the molecule is Cn1cc(C2CC3C(CN2)NNC3c2cccc(N3CCCCC(N)C3)n2)cn1. The van der Waals surface area contributed by atoms with Crippen LogP contribution in [0.4, 0.5) is 5.82 Å². The van der Waals surface area contributed by atoms with Gasteiger partial charge in [-0.05, 0) is 31.4 Å². The number of piperidine rings is 1. The Morgan fingerprint density at radius 1 is 1.21 bits per heavy atom. The molecule has 3 saturated heterocycles. The summed E-state index contributed by atoms with van der Waals surface area (Å²) < 4.78 is 1.88. The predicted octanol–water partition coefficient (Wildman–Crippen LogP) is 1.00. The van der Waals surface area contributed by atoms with Gasteiger partial charge in [0.25, 0.3) is 0 Å². The molecule has 29 heavy (non-hydrogen) atoms. The lowest BCUT2D eigenvalue weighted by Gasteiger charge is -2.34. The summed E-state index contributed by atoms with van der Waals surface area (Å²) in [4.78, 5) is 7.44. The Labute approximate surface area is 172 Å². The number of aryl methyl sites for hydroxylation is 1. The quantitative estimate of drug-likeness (QED) is 0.615. The monoisotopic (exact) mass is 396 g/mol. The highest BCUT2D eigenvalue weighted by Crippen LogP contribution is 2.38. The number of nitrogens with one attached hydrogen (secondary N) is 3. The summed E-state index contributed by atoms with van der Waals surface area (Å²) in [7, 11) is 1.97. The van der Waals surface area contributed by atoms with Crippen LogP contribution >= 0.6 is 0 Å². The number of hydrazine groups is 1. The summed E-state index contributed by atoms with van der Waals surface area (Å²) in [6, 6.07) is 7.62. The fourth-order valence-electron chi connectivity index (χ4n) is 5.11. The van der Waals surface area contributed by atoms with Crippen molar-refractivity contribution in [3.8, 4) is 0 Å². The minimum absolute atomic E-state index is 0.210. The molecule has 5 N–H and O–H groups in total. The molecule has 3 aliphatic heterocycles. The van der Waals surface area contributed by atoms with Crippen LogP contribution in [0.3, 0.4) is 0 Å². The number of fused-ring (bicyclic) bond motifs is 1. The topological polar surface area (TPSA) is 96.1 Å². The van der Waals surface area contributed by atoms with E-state index in [-0.39, 0.29) is 12.1 Å². The molecule has 0 spiro atoms. The molecule has 0 aliphatic carbocycles. The highest BCUT2D eigenvalue weighted by atomic mass is 15.4. The van der Waals surface area contributed by atoms with E-state index < -0.39 is 0 Å². The van der Waals surface area contributed by atoms with E-state index in [4.69, 9.17) is 10.7 Å². The zero-order chi connectivity index (χ0) is 19.8. The normalized spacial score (nSPS) is 32.8. The van der Waals surface area contributed by atoms with Gasteiger partial charge in [-0.25, -0.2) is 10.4 Å². The van der Waals surface area contributed by atoms with Gasteiger partial charge >= 0.3 is 0 Å². The maximum atomic E-state index is 6.28. The minimum Gasteiger partial charge on any atom is -0.355 e. The average Bonchev–Trinajstić information content (AvgIpc) is 3.29. The van der Waals surface area contributed by atoms with E-state index in [9.17, 15) is 0 Å². The molecule has 8 nitrogen and oxygen atoms in total. The van der Waals surface area contributed by atoms with Crippen LogP contribution in [0.15, 0.2) is 30.6 Å². The van der Waals surface area contributed by atoms with Gasteiger partial charge in [0.05, 0.1) is 17.9 Å². The molecule has 5 heterocycles. The highest BCUT2D eigenvalue weighted by Gasteiger charge is 2.42. The standard InChI is InChI=1S/C21H32N8/c1-28-12-14(10-24-28)18-9-16-19(11-23-18)26-27-21(16)17-6-4-7-20(25-17)29-8-3-2-5-15(22)13-29/h4,6-7,10,12,15-16,18-19,21,23,26-27H,2-3,5,8-9,11,13,22H2,1H3. The maximum Gasteiger partial charge on any atom is 0.128 e. The van der Waals surface area contributed by atoms with Crippen LogP contribution in [-0.2, 0) is 7.05 Å². The fraction of sp³-hybridized carbons (Fsp3) is 0.619. The lowest BCUT2D eigenvalue weighted by Crippen LogP contribution is -2.46.